The molecule has 0 unspecified atom stereocenters. The fraction of sp³-hybridized carbons (Fsp3) is 0.190. The Morgan fingerprint density at radius 2 is 2.04 bits per heavy atom. The number of benzene rings is 2. The van der Waals surface area contributed by atoms with Gasteiger partial charge in [-0.3, -0.25) is 4.79 Å². The first-order chi connectivity index (χ1) is 13.2. The summed E-state index contributed by atoms with van der Waals surface area (Å²) in [6, 6.07) is 18.0. The second-order valence-corrected chi connectivity index (χ2v) is 6.60. The van der Waals surface area contributed by atoms with Crippen molar-refractivity contribution in [3.8, 4) is 11.4 Å². The lowest BCUT2D eigenvalue weighted by Crippen LogP contribution is -2.33. The Balaban J connectivity index is 1.39. The lowest BCUT2D eigenvalue weighted by atomic mass is 10.1. The van der Waals surface area contributed by atoms with Crippen LogP contribution in [0.25, 0.3) is 22.3 Å². The first kappa shape index (κ1) is 17.0. The Morgan fingerprint density at radius 3 is 2.89 bits per heavy atom. The topological polar surface area (TPSA) is 83.8 Å². The summed E-state index contributed by atoms with van der Waals surface area (Å²) < 4.78 is 5.16. The minimum absolute atomic E-state index is 0.00395. The Labute approximate surface area is 156 Å². The third-order valence-corrected chi connectivity index (χ3v) is 4.52. The van der Waals surface area contributed by atoms with Gasteiger partial charge in [0.15, 0.2) is 0 Å². The van der Waals surface area contributed by atoms with Crippen LogP contribution in [0.15, 0.2) is 65.3 Å². The predicted octanol–water partition coefficient (Wildman–Crippen LogP) is 3.97. The van der Waals surface area contributed by atoms with Gasteiger partial charge >= 0.3 is 11.8 Å². The van der Waals surface area contributed by atoms with Crippen molar-refractivity contribution in [2.24, 2.45) is 0 Å². The molecule has 0 saturated heterocycles. The molecule has 1 amide bonds. The van der Waals surface area contributed by atoms with Crippen LogP contribution in [0.5, 0.6) is 0 Å². The highest BCUT2D eigenvalue weighted by Gasteiger charge is 2.18. The lowest BCUT2D eigenvalue weighted by molar-refractivity contribution is 0.0894. The number of aryl methyl sites for hydroxylation is 1. The SMILES string of the molecule is C[C@H](CCc1ccccc1)NC(=O)c1nc(-c2ccc3[nH]ccc3c2)no1. The number of hydrogen-bond acceptors (Lipinski definition) is 4. The third kappa shape index (κ3) is 3.89. The molecule has 0 aliphatic carbocycles. The quantitative estimate of drug-likeness (QED) is 0.545. The second kappa shape index (κ2) is 7.45. The van der Waals surface area contributed by atoms with Crippen LogP contribution in [-0.4, -0.2) is 27.1 Å². The van der Waals surface area contributed by atoms with Gasteiger partial charge in [-0.2, -0.15) is 4.98 Å². The molecule has 0 aliphatic rings. The fourth-order valence-electron chi connectivity index (χ4n) is 3.01. The molecule has 6 nitrogen and oxygen atoms in total. The van der Waals surface area contributed by atoms with Crippen molar-refractivity contribution in [1.82, 2.24) is 20.4 Å². The van der Waals surface area contributed by atoms with Crippen molar-refractivity contribution in [3.63, 3.8) is 0 Å². The number of nitrogens with one attached hydrogen (secondary N) is 2. The van der Waals surface area contributed by atoms with E-state index in [-0.39, 0.29) is 17.8 Å². The number of nitrogens with zero attached hydrogens (tertiary/aromatic N) is 2. The number of aromatic amines is 1. The predicted molar refractivity (Wildman–Crippen MR) is 103 cm³/mol. The average Bonchev–Trinajstić information content (AvgIpc) is 3.36. The molecule has 1 atom stereocenters. The van der Waals surface area contributed by atoms with Gasteiger partial charge in [0.2, 0.25) is 5.82 Å². The minimum Gasteiger partial charge on any atom is -0.361 e. The summed E-state index contributed by atoms with van der Waals surface area (Å²) in [7, 11) is 0. The zero-order valence-corrected chi connectivity index (χ0v) is 15.0. The Bertz CT molecular complexity index is 1050. The highest BCUT2D eigenvalue weighted by molar-refractivity contribution is 5.90. The van der Waals surface area contributed by atoms with Gasteiger partial charge in [0.1, 0.15) is 0 Å². The largest absolute Gasteiger partial charge is 0.361 e. The molecule has 2 N–H and O–H groups in total. The molecule has 2 aromatic heterocycles. The van der Waals surface area contributed by atoms with E-state index in [4.69, 9.17) is 4.52 Å². The molecule has 0 aliphatic heterocycles. The highest BCUT2D eigenvalue weighted by Crippen LogP contribution is 2.21. The summed E-state index contributed by atoms with van der Waals surface area (Å²) >= 11 is 0. The second-order valence-electron chi connectivity index (χ2n) is 6.60. The Kier molecular flexibility index (Phi) is 4.70. The molecule has 27 heavy (non-hydrogen) atoms. The van der Waals surface area contributed by atoms with Crippen molar-refractivity contribution in [2.45, 2.75) is 25.8 Å². The first-order valence-electron chi connectivity index (χ1n) is 8.95. The molecule has 0 fully saturated rings. The number of rotatable bonds is 6. The molecule has 0 saturated carbocycles. The summed E-state index contributed by atoms with van der Waals surface area (Å²) in [5.41, 5.74) is 3.09. The first-order valence-corrected chi connectivity index (χ1v) is 8.95. The van der Waals surface area contributed by atoms with Crippen LogP contribution in [0.4, 0.5) is 0 Å². The van der Waals surface area contributed by atoms with Crippen molar-refractivity contribution in [1.29, 1.82) is 0 Å². The number of aromatic nitrogens is 3. The maximum absolute atomic E-state index is 12.4. The maximum Gasteiger partial charge on any atom is 0.316 e. The molecule has 0 spiro atoms. The van der Waals surface area contributed by atoms with Crippen molar-refractivity contribution in [3.05, 3.63) is 72.2 Å². The van der Waals surface area contributed by atoms with Crippen molar-refractivity contribution in [2.75, 3.05) is 0 Å². The van der Waals surface area contributed by atoms with Gasteiger partial charge in [-0.15, -0.1) is 0 Å². The molecular formula is C21H20N4O2. The van der Waals surface area contributed by atoms with Crippen LogP contribution in [0.2, 0.25) is 0 Å². The zero-order valence-electron chi connectivity index (χ0n) is 15.0. The van der Waals surface area contributed by atoms with E-state index in [2.05, 4.69) is 32.6 Å². The fourth-order valence-corrected chi connectivity index (χ4v) is 3.01. The van der Waals surface area contributed by atoms with E-state index >= 15 is 0 Å². The van der Waals surface area contributed by atoms with Crippen LogP contribution in [0.3, 0.4) is 0 Å². The van der Waals surface area contributed by atoms with E-state index in [1.807, 2.05) is 55.6 Å². The molecule has 2 heterocycles. The van der Waals surface area contributed by atoms with E-state index in [0.717, 1.165) is 29.3 Å². The average molecular weight is 360 g/mol. The van der Waals surface area contributed by atoms with Crippen LogP contribution in [-0.2, 0) is 6.42 Å². The standard InChI is InChI=1S/C21H20N4O2/c1-14(7-8-15-5-3-2-4-6-15)23-20(26)21-24-19(25-27-21)17-9-10-18-16(13-17)11-12-22-18/h2-6,9-14,22H,7-8H2,1H3,(H,23,26)/t14-/m1/s1. The molecule has 136 valence electrons. The Morgan fingerprint density at radius 1 is 1.19 bits per heavy atom. The molecule has 4 rings (SSSR count). The molecular weight excluding hydrogens is 340 g/mol. The number of amides is 1. The number of H-pyrrole nitrogens is 1. The van der Waals surface area contributed by atoms with Gasteiger partial charge in [-0.25, -0.2) is 0 Å². The summed E-state index contributed by atoms with van der Waals surface area (Å²) in [4.78, 5) is 19.8. The van der Waals surface area contributed by atoms with E-state index in [0.29, 0.717) is 5.82 Å². The highest BCUT2D eigenvalue weighted by atomic mass is 16.5. The normalized spacial score (nSPS) is 12.2. The molecule has 0 radical (unpaired) electrons. The summed E-state index contributed by atoms with van der Waals surface area (Å²) in [5, 5.41) is 7.91. The van der Waals surface area contributed by atoms with E-state index in [1.165, 1.54) is 5.56 Å². The molecule has 0 bridgehead atoms. The van der Waals surface area contributed by atoms with Gasteiger partial charge in [0.25, 0.3) is 0 Å². The van der Waals surface area contributed by atoms with Gasteiger partial charge in [0.05, 0.1) is 0 Å². The number of fused-ring (bicyclic) bond motifs is 1. The zero-order chi connectivity index (χ0) is 18.6. The van der Waals surface area contributed by atoms with Gasteiger partial charge in [-0.05, 0) is 49.6 Å². The van der Waals surface area contributed by atoms with E-state index < -0.39 is 0 Å². The lowest BCUT2D eigenvalue weighted by Gasteiger charge is -2.12. The summed E-state index contributed by atoms with van der Waals surface area (Å²) in [6.45, 7) is 1.97. The van der Waals surface area contributed by atoms with Crippen molar-refractivity contribution >= 4 is 16.8 Å². The van der Waals surface area contributed by atoms with Gasteiger partial charge < -0.3 is 14.8 Å². The molecule has 2 aromatic carbocycles. The summed E-state index contributed by atoms with van der Waals surface area (Å²) in [6.07, 6.45) is 3.61. The Hall–Kier alpha value is -3.41. The third-order valence-electron chi connectivity index (χ3n) is 4.52. The van der Waals surface area contributed by atoms with Gasteiger partial charge in [-0.1, -0.05) is 35.5 Å². The van der Waals surface area contributed by atoms with Crippen LogP contribution >= 0.6 is 0 Å². The number of carbonyl (C=O) groups excluding carboxylic acids is 1. The smallest absolute Gasteiger partial charge is 0.316 e. The van der Waals surface area contributed by atoms with E-state index in [9.17, 15) is 4.79 Å². The van der Waals surface area contributed by atoms with Crippen molar-refractivity contribution < 1.29 is 9.32 Å². The van der Waals surface area contributed by atoms with Crippen LogP contribution in [0, 0.1) is 0 Å². The molecule has 6 heteroatoms. The summed E-state index contributed by atoms with van der Waals surface area (Å²) in [5.74, 6) is 0.0305. The minimum atomic E-state index is -0.350. The maximum atomic E-state index is 12.4. The number of carbonyl (C=O) groups is 1. The molecule has 4 aromatic rings. The monoisotopic (exact) mass is 360 g/mol. The van der Waals surface area contributed by atoms with Crippen LogP contribution < -0.4 is 5.32 Å². The van der Waals surface area contributed by atoms with Crippen LogP contribution in [0.1, 0.15) is 29.6 Å². The number of hydrogen-bond donors (Lipinski definition) is 2. The van der Waals surface area contributed by atoms with E-state index in [1.54, 1.807) is 0 Å². The van der Waals surface area contributed by atoms with Gasteiger partial charge in [0, 0.05) is 28.7 Å².